The zero-order valence-corrected chi connectivity index (χ0v) is 17.6. The summed E-state index contributed by atoms with van der Waals surface area (Å²) in [7, 11) is 0. The van der Waals surface area contributed by atoms with Gasteiger partial charge in [0.25, 0.3) is 0 Å². The molecule has 6 nitrogen and oxygen atoms in total. The Balaban J connectivity index is 1.44. The van der Waals surface area contributed by atoms with Crippen LogP contribution in [0.3, 0.4) is 0 Å². The van der Waals surface area contributed by atoms with Crippen molar-refractivity contribution in [3.63, 3.8) is 0 Å². The van der Waals surface area contributed by atoms with Crippen LogP contribution in [0.25, 0.3) is 0 Å². The average Bonchev–Trinajstić information content (AvgIpc) is 3.30. The Morgan fingerprint density at radius 1 is 1.07 bits per heavy atom. The van der Waals surface area contributed by atoms with Crippen LogP contribution in [0.1, 0.15) is 32.8 Å². The lowest BCUT2D eigenvalue weighted by Gasteiger charge is -2.26. The number of hydrogen-bond acceptors (Lipinski definition) is 3. The van der Waals surface area contributed by atoms with E-state index in [1.54, 1.807) is 4.90 Å². The van der Waals surface area contributed by atoms with Crippen molar-refractivity contribution in [1.82, 2.24) is 0 Å². The van der Waals surface area contributed by atoms with Gasteiger partial charge in [-0.3, -0.25) is 14.4 Å². The molecule has 2 heterocycles. The predicted molar refractivity (Wildman–Crippen MR) is 117 cm³/mol. The number of carbonyl (C=O) groups is 3. The van der Waals surface area contributed by atoms with Crippen LogP contribution in [0.4, 0.5) is 17.1 Å². The highest BCUT2D eigenvalue weighted by atomic mass is 16.2. The number of nitrogens with zero attached hydrogens (tertiary/aromatic N) is 2. The third-order valence-corrected chi connectivity index (χ3v) is 5.69. The number of anilines is 3. The number of amides is 3. The number of carbonyl (C=O) groups excluding carboxylic acids is 3. The molecule has 4 rings (SSSR count). The molecule has 1 saturated heterocycles. The summed E-state index contributed by atoms with van der Waals surface area (Å²) in [5, 5.41) is 2.96. The van der Waals surface area contributed by atoms with Crippen molar-refractivity contribution >= 4 is 34.8 Å². The number of para-hydroxylation sites is 1. The molecule has 2 aliphatic rings. The Hall–Kier alpha value is -3.15. The lowest BCUT2D eigenvalue weighted by Crippen LogP contribution is -2.38. The van der Waals surface area contributed by atoms with Gasteiger partial charge < -0.3 is 15.1 Å². The number of hydrogen-bond donors (Lipinski definition) is 1. The lowest BCUT2D eigenvalue weighted by atomic mass is 9.94. The zero-order chi connectivity index (χ0) is 21.5. The van der Waals surface area contributed by atoms with Crippen molar-refractivity contribution in [3.8, 4) is 0 Å². The molecule has 2 aromatic carbocycles. The minimum absolute atomic E-state index is 0.0355. The van der Waals surface area contributed by atoms with E-state index in [9.17, 15) is 14.4 Å². The van der Waals surface area contributed by atoms with Gasteiger partial charge in [-0.25, -0.2) is 0 Å². The summed E-state index contributed by atoms with van der Waals surface area (Å²) in [5.41, 5.74) is 3.06. The number of fused-ring (bicyclic) bond motifs is 1. The van der Waals surface area contributed by atoms with E-state index in [0.29, 0.717) is 18.8 Å². The smallest absolute Gasteiger partial charge is 0.232 e. The van der Waals surface area contributed by atoms with Crippen LogP contribution < -0.4 is 15.1 Å². The molecule has 0 aliphatic carbocycles. The highest BCUT2D eigenvalue weighted by molar-refractivity contribution is 6.04. The first-order valence-electron chi connectivity index (χ1n) is 10.4. The predicted octanol–water partition coefficient (Wildman–Crippen LogP) is 3.61. The monoisotopic (exact) mass is 405 g/mol. The third kappa shape index (κ3) is 3.82. The van der Waals surface area contributed by atoms with Gasteiger partial charge in [-0.05, 0) is 42.3 Å². The molecule has 2 aliphatic heterocycles. The summed E-state index contributed by atoms with van der Waals surface area (Å²) < 4.78 is 0. The van der Waals surface area contributed by atoms with Gasteiger partial charge in [0.2, 0.25) is 17.7 Å². The first-order chi connectivity index (χ1) is 14.2. The Morgan fingerprint density at radius 3 is 2.50 bits per heavy atom. The van der Waals surface area contributed by atoms with Crippen LogP contribution in [0, 0.1) is 11.3 Å². The van der Waals surface area contributed by atoms with E-state index < -0.39 is 5.41 Å². The minimum Gasteiger partial charge on any atom is -0.326 e. The summed E-state index contributed by atoms with van der Waals surface area (Å²) in [4.78, 5) is 41.3. The second-order valence-electron chi connectivity index (χ2n) is 9.03. The Labute approximate surface area is 176 Å². The minimum atomic E-state index is -0.436. The van der Waals surface area contributed by atoms with Crippen LogP contribution in [-0.2, 0) is 20.8 Å². The standard InChI is InChI=1S/C24H27N3O3/c1-24(2,3)23(30)26-12-11-16-13-18(9-10-20(16)26)25-22(29)17-14-21(28)27(15-17)19-7-5-4-6-8-19/h4-10,13,17H,11-12,14-15H2,1-3H3,(H,25,29). The van der Waals surface area contributed by atoms with Crippen LogP contribution >= 0.6 is 0 Å². The highest BCUT2D eigenvalue weighted by Gasteiger charge is 2.36. The molecule has 1 N–H and O–H groups in total. The van der Waals surface area contributed by atoms with E-state index in [-0.39, 0.29) is 30.1 Å². The van der Waals surface area contributed by atoms with Crippen LogP contribution in [-0.4, -0.2) is 30.8 Å². The first kappa shape index (κ1) is 20.1. The van der Waals surface area contributed by atoms with E-state index in [1.807, 2.05) is 74.2 Å². The van der Waals surface area contributed by atoms with E-state index in [1.165, 1.54) is 0 Å². The van der Waals surface area contributed by atoms with Gasteiger partial charge >= 0.3 is 0 Å². The van der Waals surface area contributed by atoms with Gasteiger partial charge in [0, 0.05) is 42.0 Å². The molecular weight excluding hydrogens is 378 g/mol. The van der Waals surface area contributed by atoms with E-state index in [2.05, 4.69) is 5.32 Å². The van der Waals surface area contributed by atoms with E-state index in [4.69, 9.17) is 0 Å². The number of rotatable bonds is 3. The van der Waals surface area contributed by atoms with Crippen molar-refractivity contribution < 1.29 is 14.4 Å². The zero-order valence-electron chi connectivity index (χ0n) is 17.6. The van der Waals surface area contributed by atoms with E-state index in [0.717, 1.165) is 23.4 Å². The van der Waals surface area contributed by atoms with Gasteiger partial charge in [0.15, 0.2) is 0 Å². The Morgan fingerprint density at radius 2 is 1.80 bits per heavy atom. The van der Waals surface area contributed by atoms with Crippen molar-refractivity contribution in [3.05, 3.63) is 54.1 Å². The van der Waals surface area contributed by atoms with Gasteiger partial charge in [-0.2, -0.15) is 0 Å². The number of nitrogens with one attached hydrogen (secondary N) is 1. The van der Waals surface area contributed by atoms with Gasteiger partial charge in [-0.1, -0.05) is 39.0 Å². The molecule has 30 heavy (non-hydrogen) atoms. The van der Waals surface area contributed by atoms with Crippen molar-refractivity contribution in [2.45, 2.75) is 33.6 Å². The normalized spacial score (nSPS) is 18.5. The topological polar surface area (TPSA) is 69.7 Å². The van der Waals surface area contributed by atoms with Crippen LogP contribution in [0.5, 0.6) is 0 Å². The maximum Gasteiger partial charge on any atom is 0.232 e. The van der Waals surface area contributed by atoms with Crippen molar-refractivity contribution in [2.75, 3.05) is 28.2 Å². The summed E-state index contributed by atoms with van der Waals surface area (Å²) in [6, 6.07) is 15.1. The van der Waals surface area contributed by atoms with Crippen LogP contribution in [0.2, 0.25) is 0 Å². The molecule has 0 saturated carbocycles. The second-order valence-corrected chi connectivity index (χ2v) is 9.03. The summed E-state index contributed by atoms with van der Waals surface area (Å²) in [5.74, 6) is -0.470. The quantitative estimate of drug-likeness (QED) is 0.848. The molecule has 3 amide bonds. The molecule has 6 heteroatoms. The van der Waals surface area contributed by atoms with Crippen LogP contribution in [0.15, 0.2) is 48.5 Å². The number of benzene rings is 2. The first-order valence-corrected chi connectivity index (χ1v) is 10.4. The van der Waals surface area contributed by atoms with Gasteiger partial charge in [0.05, 0.1) is 5.92 Å². The average molecular weight is 405 g/mol. The molecule has 0 radical (unpaired) electrons. The summed E-state index contributed by atoms with van der Waals surface area (Å²) in [6.07, 6.45) is 0.976. The highest BCUT2D eigenvalue weighted by Crippen LogP contribution is 2.34. The van der Waals surface area contributed by atoms with Crippen molar-refractivity contribution in [1.29, 1.82) is 0 Å². The Kier molecular flexibility index (Phi) is 5.10. The SMILES string of the molecule is CC(C)(C)C(=O)N1CCc2cc(NC(=O)C3CC(=O)N(c4ccccc4)C3)ccc21. The molecule has 0 aromatic heterocycles. The molecule has 0 bridgehead atoms. The fourth-order valence-electron chi connectivity index (χ4n) is 4.08. The second kappa shape index (κ2) is 7.59. The molecule has 156 valence electrons. The lowest BCUT2D eigenvalue weighted by molar-refractivity contribution is -0.125. The largest absolute Gasteiger partial charge is 0.326 e. The fraction of sp³-hybridized carbons (Fsp3) is 0.375. The van der Waals surface area contributed by atoms with Crippen molar-refractivity contribution in [2.24, 2.45) is 11.3 Å². The molecule has 2 aromatic rings. The summed E-state index contributed by atoms with van der Waals surface area (Å²) >= 11 is 0. The molecule has 0 spiro atoms. The fourth-order valence-corrected chi connectivity index (χ4v) is 4.08. The Bertz CT molecular complexity index is 995. The van der Waals surface area contributed by atoms with Gasteiger partial charge in [-0.15, -0.1) is 0 Å². The van der Waals surface area contributed by atoms with E-state index >= 15 is 0 Å². The maximum atomic E-state index is 12.8. The molecule has 1 fully saturated rings. The third-order valence-electron chi connectivity index (χ3n) is 5.69. The molecule has 1 unspecified atom stereocenters. The van der Waals surface area contributed by atoms with Gasteiger partial charge in [0.1, 0.15) is 0 Å². The molecular formula is C24H27N3O3. The summed E-state index contributed by atoms with van der Waals surface area (Å²) in [6.45, 7) is 6.80. The molecule has 1 atom stereocenters. The maximum absolute atomic E-state index is 12.8.